The van der Waals surface area contributed by atoms with Crippen molar-refractivity contribution in [1.82, 2.24) is 0 Å². The van der Waals surface area contributed by atoms with E-state index in [9.17, 15) is 0 Å². The smallest absolute Gasteiger partial charge is 0.310 e. The molecule has 1 aliphatic carbocycles. The number of unbranched alkanes of at least 4 members (excludes halogenated alkanes) is 2. The molecule has 0 amide bonds. The van der Waals surface area contributed by atoms with E-state index < -0.39 is 28.9 Å². The molecule has 0 bridgehead atoms. The van der Waals surface area contributed by atoms with Gasteiger partial charge in [-0.2, -0.15) is 26.3 Å². The van der Waals surface area contributed by atoms with E-state index in [0.717, 1.165) is 122 Å². The molecule has 0 aliphatic heterocycles. The summed E-state index contributed by atoms with van der Waals surface area (Å²) in [5, 5.41) is 3.54. The maximum atomic E-state index is 16.4. The molecular formula is C100H95F6N3. The highest BCUT2D eigenvalue weighted by Crippen LogP contribution is 2.59. The molecule has 9 heteroatoms. The van der Waals surface area contributed by atoms with Crippen LogP contribution < -0.4 is 14.7 Å². The summed E-state index contributed by atoms with van der Waals surface area (Å²) in [6, 6.07) is 92.3. The molecule has 0 spiro atoms. The molecule has 13 aromatic rings. The summed E-state index contributed by atoms with van der Waals surface area (Å²) >= 11 is 0. The van der Waals surface area contributed by atoms with Gasteiger partial charge in [-0.05, 0) is 220 Å². The van der Waals surface area contributed by atoms with Crippen LogP contribution in [-0.2, 0) is 23.7 Å². The van der Waals surface area contributed by atoms with Gasteiger partial charge in [-0.3, -0.25) is 0 Å². The number of alkyl halides is 6. The highest BCUT2D eigenvalue weighted by Gasteiger charge is 2.72. The van der Waals surface area contributed by atoms with Crippen LogP contribution >= 0.6 is 0 Å². The zero-order chi connectivity index (χ0) is 76.0. The number of hydrogen-bond acceptors (Lipinski definition) is 3. The van der Waals surface area contributed by atoms with E-state index >= 15 is 26.3 Å². The zero-order valence-corrected chi connectivity index (χ0v) is 63.2. The number of benzene rings is 13. The highest BCUT2D eigenvalue weighted by atomic mass is 19.4. The summed E-state index contributed by atoms with van der Waals surface area (Å²) in [6.45, 7) is 17.6. The molecule has 0 radical (unpaired) electrons. The first kappa shape index (κ1) is 74.9. The van der Waals surface area contributed by atoms with Gasteiger partial charge >= 0.3 is 12.4 Å². The van der Waals surface area contributed by atoms with Crippen molar-refractivity contribution >= 4 is 78.8 Å². The van der Waals surface area contributed by atoms with Gasteiger partial charge in [0.25, 0.3) is 0 Å². The summed E-state index contributed by atoms with van der Waals surface area (Å²) < 4.78 is 98.6. The Balaban J connectivity index is 0.782. The fraction of sp³-hybridized carbons (Fsp3) is 0.240. The Kier molecular flexibility index (Phi) is 22.1. The molecule has 0 saturated heterocycles. The van der Waals surface area contributed by atoms with E-state index in [4.69, 9.17) is 0 Å². The molecule has 552 valence electrons. The third-order valence-electron chi connectivity index (χ3n) is 23.0. The number of aryl methyl sites for hydroxylation is 2. The van der Waals surface area contributed by atoms with E-state index in [1.54, 1.807) is 0 Å². The third-order valence-corrected chi connectivity index (χ3v) is 23.0. The van der Waals surface area contributed by atoms with Crippen LogP contribution in [0.1, 0.15) is 153 Å². The van der Waals surface area contributed by atoms with Gasteiger partial charge in [0, 0.05) is 56.0 Å². The second-order valence-corrected chi connectivity index (χ2v) is 30.1. The van der Waals surface area contributed by atoms with E-state index in [2.05, 4.69) is 162 Å². The minimum Gasteiger partial charge on any atom is -0.310 e. The topological polar surface area (TPSA) is 9.72 Å². The predicted octanol–water partition coefficient (Wildman–Crippen LogP) is 29.7. The van der Waals surface area contributed by atoms with Crippen molar-refractivity contribution in [3.8, 4) is 11.1 Å². The van der Waals surface area contributed by atoms with Gasteiger partial charge in [0.1, 0.15) is 0 Å². The quantitative estimate of drug-likeness (QED) is 0.0453. The third kappa shape index (κ3) is 15.1. The standard InChI is InChI=1S/C100H95F6N3/c1-8-13-22-72(11-4)67-97(68-73(12-5)23-14-9-2)93-62-70(7)36-60-91(93)92-61-43-77(66-94(92)97)64-76-41-54-85(55-42-76)109(96-33-21-28-79-26-16-18-31-90(79)96)87-58-46-81(47-59-87)98(99(101,102)103,100(104,105)106)80-44-56-86(57-45-80)108(95-32-20-27-78-25-15-17-30-89(78)95)84-52-39-75(40-53-84)63-74-37-50-83(51-38-74)107(82-48-34-69(6)35-49-82)88-29-19-24-71(10-3)65-88/h10,15-21,24-62,65-66,72-73H,3,8-9,11-14,22-23,63-64,67-68H2,1-2,4-7H3. The number of hydrogen-bond donors (Lipinski definition) is 0. The number of halogens is 6. The number of fused-ring (bicyclic) bond motifs is 5. The van der Waals surface area contributed by atoms with Crippen LogP contribution in [0.3, 0.4) is 0 Å². The average molecular weight is 1450 g/mol. The van der Waals surface area contributed by atoms with Gasteiger partial charge in [-0.25, -0.2) is 0 Å². The van der Waals surface area contributed by atoms with Crippen LogP contribution in [0, 0.1) is 25.7 Å². The number of anilines is 9. The summed E-state index contributed by atoms with van der Waals surface area (Å²) in [7, 11) is 0. The van der Waals surface area contributed by atoms with Crippen LogP contribution in [-0.4, -0.2) is 12.4 Å². The van der Waals surface area contributed by atoms with Crippen molar-refractivity contribution in [3.63, 3.8) is 0 Å². The van der Waals surface area contributed by atoms with Gasteiger partial charge < -0.3 is 14.7 Å². The fourth-order valence-electron chi connectivity index (χ4n) is 17.2. The molecule has 2 unspecified atom stereocenters. The molecule has 0 saturated carbocycles. The number of rotatable bonds is 28. The van der Waals surface area contributed by atoms with Crippen molar-refractivity contribution < 1.29 is 26.3 Å². The van der Waals surface area contributed by atoms with Crippen LogP contribution in [0.5, 0.6) is 0 Å². The first-order chi connectivity index (χ1) is 52.8. The van der Waals surface area contributed by atoms with Crippen LogP contribution in [0.4, 0.5) is 77.5 Å². The lowest BCUT2D eigenvalue weighted by Crippen LogP contribution is -2.54. The Morgan fingerprint density at radius 2 is 0.743 bits per heavy atom. The summed E-state index contributed by atoms with van der Waals surface area (Å²) in [5.74, 6) is 1.18. The van der Waals surface area contributed by atoms with Crippen molar-refractivity contribution in [1.29, 1.82) is 0 Å². The summed E-state index contributed by atoms with van der Waals surface area (Å²) in [5.41, 5.74) is 13.5. The normalized spacial score (nSPS) is 14.1. The first-order valence-electron chi connectivity index (χ1n) is 38.9. The lowest BCUT2D eigenvalue weighted by Gasteiger charge is -2.39. The molecule has 0 N–H and O–H groups in total. The molecule has 2 atom stereocenters. The molecule has 1 aliphatic rings. The van der Waals surface area contributed by atoms with E-state index in [0.29, 0.717) is 53.1 Å². The monoisotopic (exact) mass is 1450 g/mol. The van der Waals surface area contributed by atoms with Gasteiger partial charge in [-0.15, -0.1) is 0 Å². The first-order valence-corrected chi connectivity index (χ1v) is 38.9. The summed E-state index contributed by atoms with van der Waals surface area (Å²) in [6.07, 6.45) is 3.15. The average Bonchev–Trinajstić information content (AvgIpc) is 1.66. The minimum atomic E-state index is -5.84. The van der Waals surface area contributed by atoms with Crippen molar-refractivity contribution in [2.24, 2.45) is 11.8 Å². The Hall–Kier alpha value is -10.9. The molecule has 14 rings (SSSR count). The van der Waals surface area contributed by atoms with Gasteiger partial charge in [0.15, 0.2) is 0 Å². The second kappa shape index (κ2) is 32.1. The Labute approximate surface area is 639 Å². The number of nitrogens with zero attached hydrogens (tertiary/aromatic N) is 3. The second-order valence-electron chi connectivity index (χ2n) is 30.1. The van der Waals surface area contributed by atoms with Gasteiger partial charge in [0.2, 0.25) is 5.41 Å². The van der Waals surface area contributed by atoms with Crippen LogP contribution in [0.25, 0.3) is 38.7 Å². The van der Waals surface area contributed by atoms with E-state index in [-0.39, 0.29) is 5.41 Å². The van der Waals surface area contributed by atoms with Crippen LogP contribution in [0.2, 0.25) is 0 Å². The largest absolute Gasteiger partial charge is 0.411 e. The molecular weight excluding hydrogens is 1360 g/mol. The van der Waals surface area contributed by atoms with E-state index in [1.165, 1.54) is 96.2 Å². The predicted molar refractivity (Wildman–Crippen MR) is 445 cm³/mol. The molecule has 0 heterocycles. The lowest BCUT2D eigenvalue weighted by molar-refractivity contribution is -0.288. The maximum Gasteiger partial charge on any atom is 0.411 e. The van der Waals surface area contributed by atoms with Gasteiger partial charge in [0.05, 0.1) is 11.4 Å². The SMILES string of the molecule is C=Cc1cccc(N(c2ccc(C)cc2)c2ccc(Cc3ccc(N(c4ccc(C(c5ccc(N(c6ccc(Cc7ccc8c(c7)C(CC(CC)CCCC)(CC(CC)CCCC)c7cc(C)ccc7-8)cc6)c6cccc7ccccc67)cc5)(C(F)(F)F)C(F)(F)F)cc4)c4cccc5ccccc45)cc3)cc2)c1. The Bertz CT molecular complexity index is 5250. The molecule has 109 heavy (non-hydrogen) atoms. The Morgan fingerprint density at radius 3 is 1.18 bits per heavy atom. The van der Waals surface area contributed by atoms with Crippen molar-refractivity contribution in [2.45, 2.75) is 142 Å². The molecule has 0 aromatic heterocycles. The molecule has 3 nitrogen and oxygen atoms in total. The summed E-state index contributed by atoms with van der Waals surface area (Å²) in [4.78, 5) is 6.04. The Morgan fingerprint density at radius 1 is 0.367 bits per heavy atom. The zero-order valence-electron chi connectivity index (χ0n) is 63.2. The molecule has 0 fully saturated rings. The van der Waals surface area contributed by atoms with Crippen LogP contribution in [0.15, 0.2) is 298 Å². The molecule has 13 aromatic carbocycles. The van der Waals surface area contributed by atoms with Gasteiger partial charge in [-0.1, -0.05) is 297 Å². The van der Waals surface area contributed by atoms with Crippen molar-refractivity contribution in [2.75, 3.05) is 14.7 Å². The van der Waals surface area contributed by atoms with E-state index in [1.807, 2.05) is 149 Å². The lowest BCUT2D eigenvalue weighted by atomic mass is 9.65. The minimum absolute atomic E-state index is 0.125. The fourth-order valence-corrected chi connectivity index (χ4v) is 17.2. The highest BCUT2D eigenvalue weighted by molar-refractivity contribution is 6.00. The maximum absolute atomic E-state index is 16.4. The van der Waals surface area contributed by atoms with Crippen molar-refractivity contribution in [3.05, 3.63) is 359 Å².